The third-order valence-corrected chi connectivity index (χ3v) is 5.43. The molecule has 2 aromatic carbocycles. The van der Waals surface area contributed by atoms with Crippen LogP contribution in [0.15, 0.2) is 48.5 Å². The summed E-state index contributed by atoms with van der Waals surface area (Å²) in [6.07, 6.45) is 3.43. The fourth-order valence-corrected chi connectivity index (χ4v) is 3.73. The fourth-order valence-electron chi connectivity index (χ4n) is 3.73. The van der Waals surface area contributed by atoms with Crippen molar-refractivity contribution in [3.8, 4) is 5.75 Å². The summed E-state index contributed by atoms with van der Waals surface area (Å²) in [5.41, 5.74) is 3.88. The Balaban J connectivity index is 1.79. The number of benzene rings is 2. The maximum Gasteiger partial charge on any atom is 0.251 e. The first-order valence-corrected chi connectivity index (χ1v) is 10.8. The van der Waals surface area contributed by atoms with Crippen molar-refractivity contribution in [2.45, 2.75) is 46.1 Å². The molecular weight excluding hydrogens is 388 g/mol. The lowest BCUT2D eigenvalue weighted by Crippen LogP contribution is -2.43. The van der Waals surface area contributed by atoms with E-state index < -0.39 is 0 Å². The van der Waals surface area contributed by atoms with Gasteiger partial charge in [-0.2, -0.15) is 0 Å². The van der Waals surface area contributed by atoms with Crippen molar-refractivity contribution in [3.63, 3.8) is 0 Å². The van der Waals surface area contributed by atoms with E-state index in [0.29, 0.717) is 23.6 Å². The van der Waals surface area contributed by atoms with Crippen LogP contribution in [0.25, 0.3) is 5.70 Å². The zero-order chi connectivity index (χ0) is 22.6. The van der Waals surface area contributed by atoms with Gasteiger partial charge in [0.1, 0.15) is 5.75 Å². The van der Waals surface area contributed by atoms with Gasteiger partial charge in [-0.1, -0.05) is 32.0 Å². The smallest absolute Gasteiger partial charge is 0.251 e. The summed E-state index contributed by atoms with van der Waals surface area (Å²) in [4.78, 5) is 25.2. The number of ether oxygens (including phenoxy) is 1. The Labute approximate surface area is 184 Å². The molecule has 0 atom stereocenters. The fraction of sp³-hybridized carbons (Fsp3) is 0.385. The van der Waals surface area contributed by atoms with Crippen LogP contribution in [-0.4, -0.2) is 30.9 Å². The third-order valence-electron chi connectivity index (χ3n) is 5.43. The highest BCUT2D eigenvalue weighted by Crippen LogP contribution is 2.32. The molecular formula is C26H32N2O3. The van der Waals surface area contributed by atoms with Crippen LogP contribution in [0.2, 0.25) is 0 Å². The molecule has 0 saturated carbocycles. The highest BCUT2D eigenvalue weighted by atomic mass is 16.5. The molecule has 3 rings (SSSR count). The highest BCUT2D eigenvalue weighted by molar-refractivity contribution is 6.09. The molecule has 1 heterocycles. The molecule has 1 amide bonds. The van der Waals surface area contributed by atoms with Crippen molar-refractivity contribution in [1.29, 1.82) is 0 Å². The standard InChI is InChI=1S/C26H32N2O3/c1-17(2)12-13-27-25(30)19-8-6-18(7-9-19)24(29)15-23-22-14-21(31-5)11-10-20(22)16-26(3,4)28-23/h6-11,14-15,17,28H,12-13,16H2,1-5H3,(H,27,30). The molecule has 5 nitrogen and oxygen atoms in total. The molecule has 5 heteroatoms. The van der Waals surface area contributed by atoms with E-state index in [1.807, 2.05) is 12.1 Å². The minimum atomic E-state index is -0.161. The number of carbonyl (C=O) groups excluding carboxylic acids is 2. The summed E-state index contributed by atoms with van der Waals surface area (Å²) in [6, 6.07) is 12.8. The summed E-state index contributed by atoms with van der Waals surface area (Å²) in [6.45, 7) is 9.12. The normalized spacial score (nSPS) is 15.9. The quantitative estimate of drug-likeness (QED) is 0.507. The van der Waals surface area contributed by atoms with E-state index in [4.69, 9.17) is 4.74 Å². The number of ketones is 1. The molecule has 2 aromatic rings. The molecule has 0 radical (unpaired) electrons. The lowest BCUT2D eigenvalue weighted by atomic mass is 9.85. The number of hydrogen-bond donors (Lipinski definition) is 2. The van der Waals surface area contributed by atoms with Crippen LogP contribution < -0.4 is 15.4 Å². The van der Waals surface area contributed by atoms with Crippen LogP contribution in [0, 0.1) is 5.92 Å². The number of nitrogens with one attached hydrogen (secondary N) is 2. The van der Waals surface area contributed by atoms with Gasteiger partial charge in [0.2, 0.25) is 0 Å². The second-order valence-electron chi connectivity index (χ2n) is 9.15. The van der Waals surface area contributed by atoms with Gasteiger partial charge in [0, 0.05) is 40.5 Å². The maximum atomic E-state index is 13.0. The van der Waals surface area contributed by atoms with Gasteiger partial charge in [-0.25, -0.2) is 0 Å². The summed E-state index contributed by atoms with van der Waals surface area (Å²) >= 11 is 0. The molecule has 1 aliphatic heterocycles. The second kappa shape index (κ2) is 9.38. The van der Waals surface area contributed by atoms with Crippen LogP contribution in [0.3, 0.4) is 0 Å². The Morgan fingerprint density at radius 3 is 2.45 bits per heavy atom. The number of methoxy groups -OCH3 is 1. The number of rotatable bonds is 7. The van der Waals surface area contributed by atoms with Gasteiger partial charge in [0.05, 0.1) is 7.11 Å². The minimum Gasteiger partial charge on any atom is -0.497 e. The van der Waals surface area contributed by atoms with Crippen LogP contribution in [-0.2, 0) is 6.42 Å². The maximum absolute atomic E-state index is 13.0. The lowest BCUT2D eigenvalue weighted by Gasteiger charge is -2.35. The number of carbonyl (C=O) groups is 2. The Kier molecular flexibility index (Phi) is 6.84. The minimum absolute atomic E-state index is 0.110. The molecule has 2 N–H and O–H groups in total. The molecule has 0 unspecified atom stereocenters. The first-order chi connectivity index (χ1) is 14.7. The molecule has 164 valence electrons. The van der Waals surface area contributed by atoms with Crippen molar-refractivity contribution >= 4 is 17.4 Å². The largest absolute Gasteiger partial charge is 0.497 e. The van der Waals surface area contributed by atoms with Crippen molar-refractivity contribution < 1.29 is 14.3 Å². The van der Waals surface area contributed by atoms with Crippen LogP contribution in [0.1, 0.15) is 66.0 Å². The average molecular weight is 421 g/mol. The number of amides is 1. The van der Waals surface area contributed by atoms with Crippen LogP contribution in [0.5, 0.6) is 5.75 Å². The van der Waals surface area contributed by atoms with E-state index >= 15 is 0 Å². The molecule has 0 aromatic heterocycles. The summed E-state index contributed by atoms with van der Waals surface area (Å²) < 4.78 is 5.37. The first kappa shape index (κ1) is 22.6. The average Bonchev–Trinajstić information content (AvgIpc) is 2.72. The van der Waals surface area contributed by atoms with E-state index in [-0.39, 0.29) is 17.2 Å². The monoisotopic (exact) mass is 420 g/mol. The zero-order valence-corrected chi connectivity index (χ0v) is 19.0. The zero-order valence-electron chi connectivity index (χ0n) is 19.0. The molecule has 1 aliphatic rings. The molecule has 0 fully saturated rings. The third kappa shape index (κ3) is 5.75. The van der Waals surface area contributed by atoms with Crippen LogP contribution >= 0.6 is 0 Å². The summed E-state index contributed by atoms with van der Waals surface area (Å²) in [5.74, 6) is 1.07. The van der Waals surface area contributed by atoms with Gasteiger partial charge in [0.15, 0.2) is 5.78 Å². The summed E-state index contributed by atoms with van der Waals surface area (Å²) in [5, 5.41) is 6.40. The molecule has 0 spiro atoms. The Morgan fingerprint density at radius 1 is 1.13 bits per heavy atom. The second-order valence-corrected chi connectivity index (χ2v) is 9.15. The lowest BCUT2D eigenvalue weighted by molar-refractivity contribution is 0.0950. The van der Waals surface area contributed by atoms with Crippen molar-refractivity contribution in [3.05, 3.63) is 70.8 Å². The van der Waals surface area contributed by atoms with Gasteiger partial charge in [-0.3, -0.25) is 9.59 Å². The van der Waals surface area contributed by atoms with Crippen molar-refractivity contribution in [2.75, 3.05) is 13.7 Å². The van der Waals surface area contributed by atoms with E-state index in [0.717, 1.165) is 29.9 Å². The summed E-state index contributed by atoms with van der Waals surface area (Å²) in [7, 11) is 1.64. The SMILES string of the molecule is COc1ccc2c(c1)C(=CC(=O)c1ccc(C(=O)NCCC(C)C)cc1)NC(C)(C)C2. The van der Waals surface area contributed by atoms with E-state index in [2.05, 4.69) is 44.4 Å². The van der Waals surface area contributed by atoms with Gasteiger partial charge < -0.3 is 15.4 Å². The number of allylic oxidation sites excluding steroid dienone is 1. The van der Waals surface area contributed by atoms with Gasteiger partial charge in [0.25, 0.3) is 5.91 Å². The Morgan fingerprint density at radius 2 is 1.81 bits per heavy atom. The molecule has 0 aliphatic carbocycles. The van der Waals surface area contributed by atoms with E-state index in [1.165, 1.54) is 5.56 Å². The molecule has 0 saturated heterocycles. The topological polar surface area (TPSA) is 67.4 Å². The number of fused-ring (bicyclic) bond motifs is 1. The van der Waals surface area contributed by atoms with Crippen molar-refractivity contribution in [2.24, 2.45) is 5.92 Å². The molecule has 0 bridgehead atoms. The number of hydrogen-bond acceptors (Lipinski definition) is 4. The molecule has 31 heavy (non-hydrogen) atoms. The van der Waals surface area contributed by atoms with Gasteiger partial charge in [-0.15, -0.1) is 0 Å². The Bertz CT molecular complexity index is 988. The van der Waals surface area contributed by atoms with Gasteiger partial charge >= 0.3 is 0 Å². The van der Waals surface area contributed by atoms with Crippen LogP contribution in [0.4, 0.5) is 0 Å². The predicted molar refractivity (Wildman–Crippen MR) is 124 cm³/mol. The van der Waals surface area contributed by atoms with E-state index in [1.54, 1.807) is 37.5 Å². The Hall–Kier alpha value is -3.08. The predicted octanol–water partition coefficient (Wildman–Crippen LogP) is 4.62. The van der Waals surface area contributed by atoms with E-state index in [9.17, 15) is 9.59 Å². The first-order valence-electron chi connectivity index (χ1n) is 10.8. The van der Waals surface area contributed by atoms with Gasteiger partial charge in [-0.05, 0) is 62.4 Å². The van der Waals surface area contributed by atoms with Crippen molar-refractivity contribution in [1.82, 2.24) is 10.6 Å². The highest BCUT2D eigenvalue weighted by Gasteiger charge is 2.28.